The summed E-state index contributed by atoms with van der Waals surface area (Å²) >= 11 is 0. The summed E-state index contributed by atoms with van der Waals surface area (Å²) in [6, 6.07) is 6.38. The first kappa shape index (κ1) is 12.0. The van der Waals surface area contributed by atoms with E-state index in [0.29, 0.717) is 6.61 Å². The number of fused-ring (bicyclic) bond motifs is 1. The van der Waals surface area contributed by atoms with Crippen molar-refractivity contribution in [3.63, 3.8) is 0 Å². The third-order valence-corrected chi connectivity index (χ3v) is 3.93. The summed E-state index contributed by atoms with van der Waals surface area (Å²) in [6.07, 6.45) is 4.53. The van der Waals surface area contributed by atoms with E-state index < -0.39 is 5.60 Å². The number of aliphatic hydroxyl groups is 1. The fourth-order valence-corrected chi connectivity index (χ4v) is 2.81. The van der Waals surface area contributed by atoms with Crippen molar-refractivity contribution in [3.05, 3.63) is 29.3 Å². The van der Waals surface area contributed by atoms with E-state index in [4.69, 9.17) is 9.47 Å². The molecular weight excluding hydrogens is 228 g/mol. The van der Waals surface area contributed by atoms with Gasteiger partial charge in [0.05, 0.1) is 18.8 Å². The van der Waals surface area contributed by atoms with Crippen LogP contribution in [0.15, 0.2) is 18.2 Å². The van der Waals surface area contributed by atoms with Crippen molar-refractivity contribution in [2.75, 3.05) is 19.8 Å². The third-order valence-electron chi connectivity index (χ3n) is 3.93. The second kappa shape index (κ2) is 4.90. The Balaban J connectivity index is 1.62. The number of ether oxygens (including phenoxy) is 2. The van der Waals surface area contributed by atoms with Gasteiger partial charge in [0.25, 0.3) is 0 Å². The average Bonchev–Trinajstić information content (AvgIpc) is 2.85. The van der Waals surface area contributed by atoms with Gasteiger partial charge in [-0.25, -0.2) is 0 Å². The van der Waals surface area contributed by atoms with Crippen LogP contribution in [0.5, 0.6) is 5.75 Å². The predicted octanol–water partition coefficient (Wildman–Crippen LogP) is 2.10. The minimum atomic E-state index is -0.617. The Morgan fingerprint density at radius 1 is 1.28 bits per heavy atom. The Morgan fingerprint density at radius 2 is 2.22 bits per heavy atom. The molecule has 0 aliphatic carbocycles. The van der Waals surface area contributed by atoms with Crippen LogP contribution in [0.25, 0.3) is 0 Å². The highest BCUT2D eigenvalue weighted by Gasteiger charge is 2.29. The molecule has 98 valence electrons. The van der Waals surface area contributed by atoms with Crippen molar-refractivity contribution in [3.8, 4) is 5.75 Å². The lowest BCUT2D eigenvalue weighted by molar-refractivity contribution is -0.0893. The first-order valence-electron chi connectivity index (χ1n) is 6.80. The maximum atomic E-state index is 10.4. The van der Waals surface area contributed by atoms with Gasteiger partial charge in [0, 0.05) is 13.0 Å². The minimum Gasteiger partial charge on any atom is -0.493 e. The fraction of sp³-hybridized carbons (Fsp3) is 0.600. The lowest BCUT2D eigenvalue weighted by Gasteiger charge is -2.32. The first-order valence-corrected chi connectivity index (χ1v) is 6.80. The summed E-state index contributed by atoms with van der Waals surface area (Å²) in [4.78, 5) is 0. The Bertz CT molecular complexity index is 422. The van der Waals surface area contributed by atoms with Gasteiger partial charge in [0.1, 0.15) is 5.75 Å². The molecule has 0 bridgehead atoms. The monoisotopic (exact) mass is 248 g/mol. The van der Waals surface area contributed by atoms with Crippen LogP contribution in [-0.2, 0) is 17.6 Å². The molecule has 1 atom stereocenters. The molecule has 1 N–H and O–H groups in total. The maximum Gasteiger partial charge on any atom is 0.122 e. The zero-order chi connectivity index (χ0) is 12.4. The highest BCUT2D eigenvalue weighted by atomic mass is 16.5. The van der Waals surface area contributed by atoms with Gasteiger partial charge < -0.3 is 14.6 Å². The van der Waals surface area contributed by atoms with Crippen molar-refractivity contribution in [1.29, 1.82) is 0 Å². The molecule has 3 nitrogen and oxygen atoms in total. The molecule has 0 saturated carbocycles. The molecule has 0 radical (unpaired) electrons. The van der Waals surface area contributed by atoms with Crippen molar-refractivity contribution in [1.82, 2.24) is 0 Å². The highest BCUT2D eigenvalue weighted by Crippen LogP contribution is 2.28. The molecule has 3 heteroatoms. The van der Waals surface area contributed by atoms with Gasteiger partial charge in [0.15, 0.2) is 0 Å². The molecule has 1 unspecified atom stereocenters. The smallest absolute Gasteiger partial charge is 0.122 e. The first-order chi connectivity index (χ1) is 8.75. The number of rotatable bonds is 3. The van der Waals surface area contributed by atoms with E-state index in [1.807, 2.05) is 0 Å². The molecule has 0 amide bonds. The Labute approximate surface area is 108 Å². The van der Waals surface area contributed by atoms with Crippen LogP contribution in [0.2, 0.25) is 0 Å². The van der Waals surface area contributed by atoms with E-state index >= 15 is 0 Å². The number of hydrogen-bond donors (Lipinski definition) is 1. The van der Waals surface area contributed by atoms with Crippen molar-refractivity contribution in [2.45, 2.75) is 37.7 Å². The van der Waals surface area contributed by atoms with E-state index in [1.54, 1.807) is 0 Å². The number of hydrogen-bond acceptors (Lipinski definition) is 3. The lowest BCUT2D eigenvalue weighted by atomic mass is 9.89. The maximum absolute atomic E-state index is 10.4. The molecule has 2 aliphatic heterocycles. The average molecular weight is 248 g/mol. The molecule has 1 fully saturated rings. The molecule has 1 saturated heterocycles. The molecule has 1 aromatic carbocycles. The summed E-state index contributed by atoms with van der Waals surface area (Å²) in [6.45, 7) is 2.08. The van der Waals surface area contributed by atoms with Crippen LogP contribution >= 0.6 is 0 Å². The third kappa shape index (κ3) is 2.52. The van der Waals surface area contributed by atoms with Gasteiger partial charge in [-0.05, 0) is 42.9 Å². The van der Waals surface area contributed by atoms with Crippen LogP contribution in [0.3, 0.4) is 0 Å². The highest BCUT2D eigenvalue weighted by molar-refractivity contribution is 5.39. The zero-order valence-electron chi connectivity index (χ0n) is 10.7. The summed E-state index contributed by atoms with van der Waals surface area (Å²) in [7, 11) is 0. The van der Waals surface area contributed by atoms with Gasteiger partial charge in [-0.1, -0.05) is 12.1 Å². The summed E-state index contributed by atoms with van der Waals surface area (Å²) in [5, 5.41) is 10.4. The van der Waals surface area contributed by atoms with Crippen LogP contribution in [0, 0.1) is 0 Å². The Hall–Kier alpha value is -1.06. The summed E-state index contributed by atoms with van der Waals surface area (Å²) in [5.41, 5.74) is 1.98. The number of aryl methyl sites for hydroxylation is 1. The SMILES string of the molecule is OC1(CCc2ccc3c(c2)CCO3)CCCOC1. The molecular formula is C15H20O3. The molecule has 3 rings (SSSR count). The second-order valence-electron chi connectivity index (χ2n) is 5.42. The van der Waals surface area contributed by atoms with E-state index in [-0.39, 0.29) is 0 Å². The van der Waals surface area contributed by atoms with Gasteiger partial charge in [-0.3, -0.25) is 0 Å². The largest absolute Gasteiger partial charge is 0.493 e. The summed E-state index contributed by atoms with van der Waals surface area (Å²) in [5.74, 6) is 1.03. The van der Waals surface area contributed by atoms with E-state index in [0.717, 1.165) is 51.1 Å². The zero-order valence-corrected chi connectivity index (χ0v) is 10.7. The van der Waals surface area contributed by atoms with E-state index in [2.05, 4.69) is 18.2 Å². The topological polar surface area (TPSA) is 38.7 Å². The molecule has 2 aliphatic rings. The van der Waals surface area contributed by atoms with E-state index in [9.17, 15) is 5.11 Å². The second-order valence-corrected chi connectivity index (χ2v) is 5.42. The molecule has 0 aromatic heterocycles. The van der Waals surface area contributed by atoms with Crippen molar-refractivity contribution < 1.29 is 14.6 Å². The quantitative estimate of drug-likeness (QED) is 0.890. The lowest BCUT2D eigenvalue weighted by Crippen LogP contribution is -2.38. The Morgan fingerprint density at radius 3 is 3.06 bits per heavy atom. The van der Waals surface area contributed by atoms with Crippen LogP contribution in [0.4, 0.5) is 0 Å². The van der Waals surface area contributed by atoms with Gasteiger partial charge in [-0.2, -0.15) is 0 Å². The van der Waals surface area contributed by atoms with Crippen molar-refractivity contribution >= 4 is 0 Å². The van der Waals surface area contributed by atoms with Gasteiger partial charge in [-0.15, -0.1) is 0 Å². The fourth-order valence-electron chi connectivity index (χ4n) is 2.81. The van der Waals surface area contributed by atoms with Crippen LogP contribution in [-0.4, -0.2) is 30.5 Å². The Kier molecular flexibility index (Phi) is 3.27. The van der Waals surface area contributed by atoms with Crippen molar-refractivity contribution in [2.24, 2.45) is 0 Å². The van der Waals surface area contributed by atoms with Gasteiger partial charge >= 0.3 is 0 Å². The molecule has 1 aromatic rings. The normalized spacial score (nSPS) is 26.7. The van der Waals surface area contributed by atoms with Crippen LogP contribution in [0.1, 0.15) is 30.4 Å². The summed E-state index contributed by atoms with van der Waals surface area (Å²) < 4.78 is 10.9. The molecule has 18 heavy (non-hydrogen) atoms. The predicted molar refractivity (Wildman–Crippen MR) is 69.0 cm³/mol. The van der Waals surface area contributed by atoms with E-state index in [1.165, 1.54) is 11.1 Å². The van der Waals surface area contributed by atoms with Crippen LogP contribution < -0.4 is 4.74 Å². The minimum absolute atomic E-state index is 0.487. The van der Waals surface area contributed by atoms with Gasteiger partial charge in [0.2, 0.25) is 0 Å². The standard InChI is InChI=1S/C15H20O3/c16-15(6-1-8-17-11-15)7-4-12-2-3-14-13(10-12)5-9-18-14/h2-3,10,16H,1,4-9,11H2. The molecule has 0 spiro atoms. The molecule has 2 heterocycles. The number of benzene rings is 1.